The van der Waals surface area contributed by atoms with E-state index in [1.165, 1.54) is 9.77 Å². The normalized spacial score (nSPS) is 11.0. The number of thioether (sulfide) groups is 1. The standard InChI is InChI=1S/C15H11ClOS2/c16-15-8-5-10(19-15)9-18-14-7-6-13(17)11-3-1-2-4-12(11)14/h1-8,17H,9H2. The predicted octanol–water partition coefficient (Wildman–Crippen LogP) is 5.55. The Morgan fingerprint density at radius 2 is 1.79 bits per heavy atom. The lowest BCUT2D eigenvalue weighted by atomic mass is 10.1. The first kappa shape index (κ1) is 12.9. The molecule has 0 bridgehead atoms. The second kappa shape index (κ2) is 5.45. The Balaban J connectivity index is 1.91. The van der Waals surface area contributed by atoms with Crippen LogP contribution in [0, 0.1) is 0 Å². The fourth-order valence-electron chi connectivity index (χ4n) is 1.96. The Hall–Kier alpha value is -1.16. The molecule has 0 unspecified atom stereocenters. The highest BCUT2D eigenvalue weighted by molar-refractivity contribution is 7.98. The molecule has 0 fully saturated rings. The molecule has 1 aromatic heterocycles. The van der Waals surface area contributed by atoms with Crippen LogP contribution >= 0.6 is 34.7 Å². The van der Waals surface area contributed by atoms with Gasteiger partial charge >= 0.3 is 0 Å². The lowest BCUT2D eigenvalue weighted by molar-refractivity contribution is 0.481. The van der Waals surface area contributed by atoms with Gasteiger partial charge in [-0.3, -0.25) is 0 Å². The van der Waals surface area contributed by atoms with Crippen LogP contribution in [0.1, 0.15) is 4.88 Å². The summed E-state index contributed by atoms with van der Waals surface area (Å²) in [4.78, 5) is 2.44. The third-order valence-electron chi connectivity index (χ3n) is 2.86. The van der Waals surface area contributed by atoms with Gasteiger partial charge in [0.2, 0.25) is 0 Å². The van der Waals surface area contributed by atoms with Gasteiger partial charge in [-0.25, -0.2) is 0 Å². The monoisotopic (exact) mass is 306 g/mol. The van der Waals surface area contributed by atoms with E-state index in [0.717, 1.165) is 20.9 Å². The van der Waals surface area contributed by atoms with Crippen molar-refractivity contribution in [2.75, 3.05) is 0 Å². The van der Waals surface area contributed by atoms with Gasteiger partial charge in [-0.05, 0) is 29.7 Å². The van der Waals surface area contributed by atoms with Crippen LogP contribution in [-0.2, 0) is 5.75 Å². The van der Waals surface area contributed by atoms with E-state index < -0.39 is 0 Å². The summed E-state index contributed by atoms with van der Waals surface area (Å²) in [7, 11) is 0. The van der Waals surface area contributed by atoms with Crippen LogP contribution < -0.4 is 0 Å². The maximum Gasteiger partial charge on any atom is 0.123 e. The first-order chi connectivity index (χ1) is 9.24. The lowest BCUT2D eigenvalue weighted by Crippen LogP contribution is -1.80. The zero-order valence-corrected chi connectivity index (χ0v) is 12.4. The average molecular weight is 307 g/mol. The van der Waals surface area contributed by atoms with Crippen LogP contribution in [0.2, 0.25) is 4.34 Å². The van der Waals surface area contributed by atoms with E-state index in [2.05, 4.69) is 6.07 Å². The molecule has 1 nitrogen and oxygen atoms in total. The minimum absolute atomic E-state index is 0.333. The average Bonchev–Trinajstić information content (AvgIpc) is 2.84. The Bertz CT molecular complexity index is 721. The molecule has 0 radical (unpaired) electrons. The zero-order chi connectivity index (χ0) is 13.2. The summed E-state index contributed by atoms with van der Waals surface area (Å²) < 4.78 is 0.825. The molecule has 4 heteroatoms. The van der Waals surface area contributed by atoms with Crippen molar-refractivity contribution in [2.24, 2.45) is 0 Å². The van der Waals surface area contributed by atoms with Crippen molar-refractivity contribution in [1.29, 1.82) is 0 Å². The highest BCUT2D eigenvalue weighted by atomic mass is 35.5. The first-order valence-electron chi connectivity index (χ1n) is 5.82. The summed E-state index contributed by atoms with van der Waals surface area (Å²) >= 11 is 9.31. The molecule has 0 saturated heterocycles. The number of fused-ring (bicyclic) bond motifs is 1. The molecule has 3 rings (SSSR count). The predicted molar refractivity (Wildman–Crippen MR) is 84.5 cm³/mol. The van der Waals surface area contributed by atoms with Crippen molar-refractivity contribution in [3.63, 3.8) is 0 Å². The molecule has 0 aliphatic rings. The fourth-order valence-corrected chi connectivity index (χ4v) is 4.15. The van der Waals surface area contributed by atoms with Crippen molar-refractivity contribution in [2.45, 2.75) is 10.6 Å². The molecule has 0 atom stereocenters. The largest absolute Gasteiger partial charge is 0.507 e. The van der Waals surface area contributed by atoms with Crippen LogP contribution in [0.4, 0.5) is 0 Å². The van der Waals surface area contributed by atoms with Crippen LogP contribution in [-0.4, -0.2) is 5.11 Å². The van der Waals surface area contributed by atoms with Gasteiger partial charge in [-0.2, -0.15) is 0 Å². The van der Waals surface area contributed by atoms with Gasteiger partial charge in [0.05, 0.1) is 4.34 Å². The number of thiophene rings is 1. The highest BCUT2D eigenvalue weighted by Gasteiger charge is 2.06. The summed E-state index contributed by atoms with van der Waals surface area (Å²) in [5.74, 6) is 1.23. The van der Waals surface area contributed by atoms with Crippen LogP contribution in [0.25, 0.3) is 10.8 Å². The van der Waals surface area contributed by atoms with Gasteiger partial charge in [0.1, 0.15) is 5.75 Å². The topological polar surface area (TPSA) is 20.2 Å². The lowest BCUT2D eigenvalue weighted by Gasteiger charge is -2.07. The van der Waals surface area contributed by atoms with E-state index in [1.807, 2.05) is 36.4 Å². The number of hydrogen-bond acceptors (Lipinski definition) is 3. The van der Waals surface area contributed by atoms with E-state index >= 15 is 0 Å². The van der Waals surface area contributed by atoms with Crippen molar-refractivity contribution < 1.29 is 5.11 Å². The minimum atomic E-state index is 0.333. The van der Waals surface area contributed by atoms with Crippen molar-refractivity contribution in [1.82, 2.24) is 0 Å². The highest BCUT2D eigenvalue weighted by Crippen LogP contribution is 2.36. The van der Waals surface area contributed by atoms with Gasteiger partial charge in [0, 0.05) is 20.9 Å². The van der Waals surface area contributed by atoms with Crippen molar-refractivity contribution in [3.8, 4) is 5.75 Å². The number of phenols is 1. The SMILES string of the molecule is Oc1ccc(SCc2ccc(Cl)s2)c2ccccc12. The molecule has 0 spiro atoms. The molecule has 1 heterocycles. The summed E-state index contributed by atoms with van der Waals surface area (Å²) in [6, 6.07) is 15.6. The zero-order valence-electron chi connectivity index (χ0n) is 9.97. The molecule has 0 aliphatic heterocycles. The van der Waals surface area contributed by atoms with Crippen LogP contribution in [0.15, 0.2) is 53.4 Å². The van der Waals surface area contributed by atoms with Gasteiger partial charge in [-0.15, -0.1) is 23.1 Å². The number of halogens is 1. The Morgan fingerprint density at radius 1 is 1.00 bits per heavy atom. The molecule has 96 valence electrons. The molecular weight excluding hydrogens is 296 g/mol. The molecule has 0 aliphatic carbocycles. The molecule has 2 aromatic carbocycles. The number of aromatic hydroxyl groups is 1. The van der Waals surface area contributed by atoms with E-state index in [0.29, 0.717) is 5.75 Å². The second-order valence-electron chi connectivity index (χ2n) is 4.12. The first-order valence-corrected chi connectivity index (χ1v) is 8.00. The van der Waals surface area contributed by atoms with E-state index in [9.17, 15) is 5.11 Å². The quantitative estimate of drug-likeness (QED) is 0.640. The number of phenolic OH excluding ortho intramolecular Hbond substituents is 1. The molecular formula is C15H11ClOS2. The van der Waals surface area contributed by atoms with Gasteiger partial charge in [0.15, 0.2) is 0 Å². The minimum Gasteiger partial charge on any atom is -0.507 e. The third kappa shape index (κ3) is 2.73. The van der Waals surface area contributed by atoms with Crippen LogP contribution in [0.3, 0.4) is 0 Å². The number of hydrogen-bond donors (Lipinski definition) is 1. The Kier molecular flexibility index (Phi) is 3.69. The summed E-state index contributed by atoms with van der Waals surface area (Å²) in [5, 5.41) is 11.9. The summed E-state index contributed by atoms with van der Waals surface area (Å²) in [6.07, 6.45) is 0. The number of rotatable bonds is 3. The third-order valence-corrected chi connectivity index (χ3v) is 5.40. The van der Waals surface area contributed by atoms with Crippen molar-refractivity contribution in [3.05, 3.63) is 57.7 Å². The van der Waals surface area contributed by atoms with Gasteiger partial charge in [0.25, 0.3) is 0 Å². The Labute approximate surface area is 124 Å². The summed E-state index contributed by atoms with van der Waals surface area (Å²) in [5.41, 5.74) is 0. The molecule has 19 heavy (non-hydrogen) atoms. The number of benzene rings is 2. The Morgan fingerprint density at radius 3 is 2.53 bits per heavy atom. The van der Waals surface area contributed by atoms with E-state index in [-0.39, 0.29) is 0 Å². The van der Waals surface area contributed by atoms with Gasteiger partial charge < -0.3 is 5.11 Å². The van der Waals surface area contributed by atoms with E-state index in [4.69, 9.17) is 11.6 Å². The smallest absolute Gasteiger partial charge is 0.123 e. The molecule has 0 amide bonds. The molecule has 3 aromatic rings. The van der Waals surface area contributed by atoms with Crippen LogP contribution in [0.5, 0.6) is 5.75 Å². The maximum absolute atomic E-state index is 9.86. The molecule has 1 N–H and O–H groups in total. The van der Waals surface area contributed by atoms with Gasteiger partial charge in [-0.1, -0.05) is 35.9 Å². The van der Waals surface area contributed by atoms with Crippen molar-refractivity contribution >= 4 is 45.5 Å². The summed E-state index contributed by atoms with van der Waals surface area (Å²) in [6.45, 7) is 0. The second-order valence-corrected chi connectivity index (χ2v) is 6.94. The maximum atomic E-state index is 9.86. The molecule has 0 saturated carbocycles. The van der Waals surface area contributed by atoms with E-state index in [1.54, 1.807) is 29.2 Å². The fraction of sp³-hybridized carbons (Fsp3) is 0.0667.